The van der Waals surface area contributed by atoms with Crippen LogP contribution in [0.5, 0.6) is 0 Å². The topological polar surface area (TPSA) is 81.1 Å². The first-order valence-corrected chi connectivity index (χ1v) is 6.41. The molecule has 0 fully saturated rings. The van der Waals surface area contributed by atoms with E-state index in [4.69, 9.17) is 11.6 Å². The molecule has 0 radical (unpaired) electrons. The van der Waals surface area contributed by atoms with E-state index in [9.17, 15) is 4.79 Å². The van der Waals surface area contributed by atoms with Gasteiger partial charge >= 0.3 is 0 Å². The highest BCUT2D eigenvalue weighted by Gasteiger charge is 2.11. The molecule has 16 heavy (non-hydrogen) atoms. The maximum atomic E-state index is 11.1. The molecule has 1 atom stereocenters. The molecule has 5 N–H and O–H groups in total. The van der Waals surface area contributed by atoms with Crippen LogP contribution in [0.15, 0.2) is 27.6 Å². The van der Waals surface area contributed by atoms with Crippen LogP contribution in [0.1, 0.15) is 13.3 Å². The molecule has 0 aliphatic heterocycles. The van der Waals surface area contributed by atoms with Gasteiger partial charge in [0.05, 0.1) is 0 Å². The Morgan fingerprint density at radius 2 is 2.31 bits per heavy atom. The van der Waals surface area contributed by atoms with Gasteiger partial charge in [-0.15, -0.1) is 11.8 Å². The fraction of sp³-hybridized carbons (Fsp3) is 0.300. The number of hydrazine groups is 1. The van der Waals surface area contributed by atoms with Crippen LogP contribution in [0.3, 0.4) is 0 Å². The zero-order valence-corrected chi connectivity index (χ0v) is 11.3. The van der Waals surface area contributed by atoms with E-state index in [1.807, 2.05) is 25.1 Å². The predicted molar refractivity (Wildman–Crippen MR) is 70.8 cm³/mol. The highest BCUT2D eigenvalue weighted by atomic mass is 79.9. The highest BCUT2D eigenvalue weighted by Crippen LogP contribution is 2.32. The van der Waals surface area contributed by atoms with Gasteiger partial charge in [-0.3, -0.25) is 10.2 Å². The number of rotatable bonds is 4. The van der Waals surface area contributed by atoms with Crippen molar-refractivity contribution in [3.8, 4) is 0 Å². The Morgan fingerprint density at radius 1 is 1.62 bits per heavy atom. The average molecular weight is 304 g/mol. The molecule has 1 rings (SSSR count). The quantitative estimate of drug-likeness (QED) is 0.261. The van der Waals surface area contributed by atoms with E-state index in [1.165, 1.54) is 0 Å². The van der Waals surface area contributed by atoms with Crippen molar-refractivity contribution in [1.82, 2.24) is 5.43 Å². The van der Waals surface area contributed by atoms with Gasteiger partial charge < -0.3 is 5.73 Å². The fourth-order valence-corrected chi connectivity index (χ4v) is 2.77. The second-order valence-electron chi connectivity index (χ2n) is 3.38. The molecule has 0 bridgehead atoms. The summed E-state index contributed by atoms with van der Waals surface area (Å²) in [6.07, 6.45) is 0.368. The largest absolute Gasteiger partial charge is 0.398 e. The van der Waals surface area contributed by atoms with Gasteiger partial charge in [0.25, 0.3) is 0 Å². The second-order valence-corrected chi connectivity index (χ2v) is 5.78. The third kappa shape index (κ3) is 4.03. The van der Waals surface area contributed by atoms with Gasteiger partial charge in [0, 0.05) is 26.7 Å². The number of amides is 1. The monoisotopic (exact) mass is 303 g/mol. The lowest BCUT2D eigenvalue weighted by atomic mass is 10.3. The van der Waals surface area contributed by atoms with E-state index in [0.29, 0.717) is 12.1 Å². The fourth-order valence-electron chi connectivity index (χ4n) is 1.19. The first-order valence-electron chi connectivity index (χ1n) is 4.74. The van der Waals surface area contributed by atoms with Gasteiger partial charge in [0.15, 0.2) is 0 Å². The molecule has 0 aliphatic carbocycles. The number of halogens is 1. The third-order valence-electron chi connectivity index (χ3n) is 1.94. The Labute approximate surface area is 107 Å². The van der Waals surface area contributed by atoms with Crippen LogP contribution in [-0.4, -0.2) is 11.2 Å². The maximum Gasteiger partial charge on any atom is 0.234 e. The lowest BCUT2D eigenvalue weighted by Crippen LogP contribution is -2.31. The Kier molecular flexibility index (Phi) is 5.11. The minimum atomic E-state index is -0.173. The first-order chi connectivity index (χ1) is 7.52. The summed E-state index contributed by atoms with van der Waals surface area (Å²) in [6.45, 7) is 1.96. The van der Waals surface area contributed by atoms with E-state index in [1.54, 1.807) is 11.8 Å². The summed E-state index contributed by atoms with van der Waals surface area (Å²) in [4.78, 5) is 12.0. The summed E-state index contributed by atoms with van der Waals surface area (Å²) in [7, 11) is 0. The third-order valence-corrected chi connectivity index (χ3v) is 3.61. The minimum Gasteiger partial charge on any atom is -0.398 e. The summed E-state index contributed by atoms with van der Waals surface area (Å²) in [5.41, 5.74) is 8.66. The SMILES string of the molecule is CC(CC(=O)NN)Sc1cc(Br)ccc1N. The molecule has 88 valence electrons. The number of thioether (sulfide) groups is 1. The highest BCUT2D eigenvalue weighted by molar-refractivity contribution is 9.10. The lowest BCUT2D eigenvalue weighted by molar-refractivity contribution is -0.121. The van der Waals surface area contributed by atoms with Crippen LogP contribution < -0.4 is 17.0 Å². The molecule has 4 nitrogen and oxygen atoms in total. The number of nitrogen functional groups attached to an aromatic ring is 1. The van der Waals surface area contributed by atoms with Crippen molar-refractivity contribution in [1.29, 1.82) is 0 Å². The number of hydrogen-bond acceptors (Lipinski definition) is 4. The summed E-state index contributed by atoms with van der Waals surface area (Å²) in [5, 5.41) is 0.125. The van der Waals surface area contributed by atoms with Crippen molar-refractivity contribution in [3.05, 3.63) is 22.7 Å². The Bertz CT molecular complexity index is 386. The first kappa shape index (κ1) is 13.3. The average Bonchev–Trinajstić information content (AvgIpc) is 2.23. The number of anilines is 1. The van der Waals surface area contributed by atoms with Crippen LogP contribution in [0.25, 0.3) is 0 Å². The van der Waals surface area contributed by atoms with Crippen molar-refractivity contribution >= 4 is 39.3 Å². The van der Waals surface area contributed by atoms with Gasteiger partial charge in [0.2, 0.25) is 5.91 Å². The number of nitrogens with two attached hydrogens (primary N) is 2. The molecule has 1 amide bonds. The molecule has 1 aromatic carbocycles. The van der Waals surface area contributed by atoms with Crippen molar-refractivity contribution in [2.75, 3.05) is 5.73 Å². The minimum absolute atomic E-state index is 0.125. The molecule has 0 saturated carbocycles. The molecule has 0 aromatic heterocycles. The molecule has 0 spiro atoms. The Balaban J connectivity index is 2.65. The zero-order valence-electron chi connectivity index (χ0n) is 8.87. The van der Waals surface area contributed by atoms with E-state index in [-0.39, 0.29) is 11.2 Å². The molecule has 1 unspecified atom stereocenters. The van der Waals surface area contributed by atoms with Crippen molar-refractivity contribution in [3.63, 3.8) is 0 Å². The number of carbonyl (C=O) groups excluding carboxylic acids is 1. The Hall–Kier alpha value is -0.720. The van der Waals surface area contributed by atoms with Gasteiger partial charge in [-0.25, -0.2) is 5.84 Å². The maximum absolute atomic E-state index is 11.1. The number of hydrogen-bond donors (Lipinski definition) is 3. The molecular weight excluding hydrogens is 290 g/mol. The predicted octanol–water partition coefficient (Wildman–Crippen LogP) is 1.89. The molecule has 0 aliphatic rings. The van der Waals surface area contributed by atoms with E-state index in [0.717, 1.165) is 9.37 Å². The van der Waals surface area contributed by atoms with E-state index in [2.05, 4.69) is 21.4 Å². The van der Waals surface area contributed by atoms with Crippen molar-refractivity contribution in [2.24, 2.45) is 5.84 Å². The van der Waals surface area contributed by atoms with Crippen LogP contribution in [0.4, 0.5) is 5.69 Å². The normalized spacial score (nSPS) is 12.2. The van der Waals surface area contributed by atoms with Crippen LogP contribution >= 0.6 is 27.7 Å². The van der Waals surface area contributed by atoms with E-state index < -0.39 is 0 Å². The van der Waals surface area contributed by atoms with Crippen molar-refractivity contribution < 1.29 is 4.79 Å². The number of carbonyl (C=O) groups is 1. The van der Waals surface area contributed by atoms with Crippen LogP contribution in [-0.2, 0) is 4.79 Å². The van der Waals surface area contributed by atoms with Crippen LogP contribution in [0.2, 0.25) is 0 Å². The molecule has 6 heteroatoms. The molecule has 1 aromatic rings. The van der Waals surface area contributed by atoms with Crippen LogP contribution in [0, 0.1) is 0 Å². The lowest BCUT2D eigenvalue weighted by Gasteiger charge is -2.12. The van der Waals surface area contributed by atoms with Gasteiger partial charge in [-0.1, -0.05) is 22.9 Å². The standard InChI is InChI=1S/C10H14BrN3OS/c1-6(4-10(15)14-13)16-9-5-7(11)2-3-8(9)12/h2-3,5-6H,4,12-13H2,1H3,(H,14,15). The van der Waals surface area contributed by atoms with Gasteiger partial charge in [-0.2, -0.15) is 0 Å². The summed E-state index contributed by atoms with van der Waals surface area (Å²) in [6, 6.07) is 5.66. The van der Waals surface area contributed by atoms with Gasteiger partial charge in [-0.05, 0) is 18.2 Å². The molecular formula is C10H14BrN3OS. The summed E-state index contributed by atoms with van der Waals surface area (Å²) < 4.78 is 0.972. The van der Waals surface area contributed by atoms with E-state index >= 15 is 0 Å². The number of benzene rings is 1. The summed E-state index contributed by atoms with van der Waals surface area (Å²) in [5.74, 6) is 4.85. The number of nitrogens with one attached hydrogen (secondary N) is 1. The molecule has 0 heterocycles. The smallest absolute Gasteiger partial charge is 0.234 e. The second kappa shape index (κ2) is 6.12. The summed E-state index contributed by atoms with van der Waals surface area (Å²) >= 11 is 4.94. The zero-order chi connectivity index (χ0) is 12.1. The van der Waals surface area contributed by atoms with Crippen molar-refractivity contribution in [2.45, 2.75) is 23.5 Å². The van der Waals surface area contributed by atoms with Gasteiger partial charge in [0.1, 0.15) is 0 Å². The molecule has 0 saturated heterocycles. The Morgan fingerprint density at radius 3 is 2.94 bits per heavy atom.